The van der Waals surface area contributed by atoms with Gasteiger partial charge in [-0.3, -0.25) is 0 Å². The van der Waals surface area contributed by atoms with Crippen molar-refractivity contribution in [2.75, 3.05) is 39.9 Å². The molecule has 0 aliphatic carbocycles. The summed E-state index contributed by atoms with van der Waals surface area (Å²) in [5.41, 5.74) is 0. The summed E-state index contributed by atoms with van der Waals surface area (Å²) in [6.45, 7) is 12.5. The number of hydrogen-bond donors (Lipinski definition) is 1. The minimum Gasteiger partial charge on any atom is -0.384 e. The number of piperidine rings is 1. The van der Waals surface area contributed by atoms with E-state index in [0.29, 0.717) is 6.04 Å². The predicted octanol–water partition coefficient (Wildman–Crippen LogP) is 1.98. The summed E-state index contributed by atoms with van der Waals surface area (Å²) in [5, 5.41) is 3.52. The first-order chi connectivity index (χ1) is 8.11. The number of rotatable bonds is 7. The fraction of sp³-hybridized carbons (Fsp3) is 1.00. The summed E-state index contributed by atoms with van der Waals surface area (Å²) in [6.07, 6.45) is 2.67. The summed E-state index contributed by atoms with van der Waals surface area (Å²) >= 11 is 0. The van der Waals surface area contributed by atoms with Gasteiger partial charge in [0.25, 0.3) is 0 Å². The fourth-order valence-corrected chi connectivity index (χ4v) is 2.63. The molecule has 0 radical (unpaired) electrons. The van der Waals surface area contributed by atoms with Gasteiger partial charge in [-0.15, -0.1) is 0 Å². The van der Waals surface area contributed by atoms with E-state index in [4.69, 9.17) is 4.74 Å². The van der Waals surface area contributed by atoms with E-state index in [0.717, 1.165) is 25.0 Å². The summed E-state index contributed by atoms with van der Waals surface area (Å²) in [7, 11) is 1.81. The Kier molecular flexibility index (Phi) is 7.09. The van der Waals surface area contributed by atoms with E-state index < -0.39 is 0 Å². The molecule has 0 aromatic rings. The van der Waals surface area contributed by atoms with Crippen LogP contribution in [0.4, 0.5) is 0 Å². The van der Waals surface area contributed by atoms with Gasteiger partial charge in [0.2, 0.25) is 0 Å². The highest BCUT2D eigenvalue weighted by molar-refractivity contribution is 4.75. The maximum absolute atomic E-state index is 5.27. The van der Waals surface area contributed by atoms with Gasteiger partial charge in [0.1, 0.15) is 0 Å². The Bertz CT molecular complexity index is 195. The third kappa shape index (κ3) is 6.39. The van der Waals surface area contributed by atoms with Crippen molar-refractivity contribution in [1.82, 2.24) is 10.2 Å². The third-order valence-corrected chi connectivity index (χ3v) is 3.45. The smallest absolute Gasteiger partial charge is 0.0502 e. The number of hydrogen-bond acceptors (Lipinski definition) is 3. The molecule has 0 saturated carbocycles. The highest BCUT2D eigenvalue weighted by atomic mass is 16.5. The van der Waals surface area contributed by atoms with Gasteiger partial charge in [0.05, 0.1) is 6.61 Å². The SMILES string of the molecule is COCC1CCCN(CC(C)CNC(C)C)C1. The second kappa shape index (κ2) is 8.06. The molecule has 2 atom stereocenters. The van der Waals surface area contributed by atoms with Gasteiger partial charge in [-0.25, -0.2) is 0 Å². The van der Waals surface area contributed by atoms with E-state index in [-0.39, 0.29) is 0 Å². The molecule has 0 spiro atoms. The standard InChI is InChI=1S/C14H30N2O/c1-12(2)15-8-13(3)9-16-7-5-6-14(10-16)11-17-4/h12-15H,5-11H2,1-4H3. The van der Waals surface area contributed by atoms with Gasteiger partial charge in [-0.1, -0.05) is 20.8 Å². The molecule has 0 aromatic carbocycles. The summed E-state index contributed by atoms with van der Waals surface area (Å²) in [6, 6.07) is 0.597. The number of nitrogens with one attached hydrogen (secondary N) is 1. The normalized spacial score (nSPS) is 24.2. The zero-order chi connectivity index (χ0) is 12.7. The Morgan fingerprint density at radius 1 is 1.35 bits per heavy atom. The molecule has 102 valence electrons. The van der Waals surface area contributed by atoms with Crippen LogP contribution in [0.15, 0.2) is 0 Å². The molecule has 1 aliphatic rings. The van der Waals surface area contributed by atoms with Crippen molar-refractivity contribution in [3.63, 3.8) is 0 Å². The number of methoxy groups -OCH3 is 1. The summed E-state index contributed by atoms with van der Waals surface area (Å²) in [5.74, 6) is 1.48. The van der Waals surface area contributed by atoms with Gasteiger partial charge in [-0.05, 0) is 37.8 Å². The average Bonchev–Trinajstić information content (AvgIpc) is 2.27. The molecular formula is C14H30N2O. The van der Waals surface area contributed by atoms with Gasteiger partial charge >= 0.3 is 0 Å². The third-order valence-electron chi connectivity index (χ3n) is 3.45. The van der Waals surface area contributed by atoms with Crippen LogP contribution in [0.5, 0.6) is 0 Å². The zero-order valence-corrected chi connectivity index (χ0v) is 12.0. The van der Waals surface area contributed by atoms with Crippen molar-refractivity contribution in [3.8, 4) is 0 Å². The first-order valence-corrected chi connectivity index (χ1v) is 7.06. The van der Waals surface area contributed by atoms with Crippen LogP contribution in [0.25, 0.3) is 0 Å². The Balaban J connectivity index is 2.20. The van der Waals surface area contributed by atoms with Crippen molar-refractivity contribution in [2.45, 2.75) is 39.7 Å². The Hall–Kier alpha value is -0.120. The van der Waals surface area contributed by atoms with E-state index in [1.54, 1.807) is 0 Å². The molecule has 17 heavy (non-hydrogen) atoms. The van der Waals surface area contributed by atoms with Crippen LogP contribution in [-0.4, -0.2) is 50.8 Å². The second-order valence-electron chi connectivity index (χ2n) is 5.89. The molecule has 0 amide bonds. The van der Waals surface area contributed by atoms with E-state index in [1.807, 2.05) is 7.11 Å². The van der Waals surface area contributed by atoms with E-state index in [1.165, 1.54) is 32.5 Å². The van der Waals surface area contributed by atoms with Crippen molar-refractivity contribution in [1.29, 1.82) is 0 Å². The molecule has 1 aliphatic heterocycles. The van der Waals surface area contributed by atoms with Crippen LogP contribution in [0.2, 0.25) is 0 Å². The first kappa shape index (κ1) is 14.9. The molecule has 0 aromatic heterocycles. The van der Waals surface area contributed by atoms with Crippen LogP contribution < -0.4 is 5.32 Å². The van der Waals surface area contributed by atoms with Crippen LogP contribution in [0.1, 0.15) is 33.6 Å². The lowest BCUT2D eigenvalue weighted by molar-refractivity contribution is 0.0837. The highest BCUT2D eigenvalue weighted by Crippen LogP contribution is 2.17. The lowest BCUT2D eigenvalue weighted by Crippen LogP contribution is -2.41. The largest absolute Gasteiger partial charge is 0.384 e. The van der Waals surface area contributed by atoms with Crippen LogP contribution in [0, 0.1) is 11.8 Å². The Morgan fingerprint density at radius 2 is 2.12 bits per heavy atom. The van der Waals surface area contributed by atoms with Crippen molar-refractivity contribution < 1.29 is 4.74 Å². The molecular weight excluding hydrogens is 212 g/mol. The number of likely N-dealkylation sites (tertiary alicyclic amines) is 1. The quantitative estimate of drug-likeness (QED) is 0.739. The topological polar surface area (TPSA) is 24.5 Å². The van der Waals surface area contributed by atoms with Gasteiger partial charge in [-0.2, -0.15) is 0 Å². The van der Waals surface area contributed by atoms with Gasteiger partial charge in [0.15, 0.2) is 0 Å². The van der Waals surface area contributed by atoms with Crippen molar-refractivity contribution in [3.05, 3.63) is 0 Å². The lowest BCUT2D eigenvalue weighted by Gasteiger charge is -2.34. The van der Waals surface area contributed by atoms with E-state index >= 15 is 0 Å². The molecule has 1 saturated heterocycles. The maximum Gasteiger partial charge on any atom is 0.0502 e. The average molecular weight is 242 g/mol. The molecule has 1 heterocycles. The minimum atomic E-state index is 0.597. The molecule has 1 fully saturated rings. The molecule has 3 nitrogen and oxygen atoms in total. The molecule has 0 bridgehead atoms. The lowest BCUT2D eigenvalue weighted by atomic mass is 9.98. The summed E-state index contributed by atoms with van der Waals surface area (Å²) in [4.78, 5) is 2.61. The maximum atomic E-state index is 5.27. The molecule has 1 N–H and O–H groups in total. The minimum absolute atomic E-state index is 0.597. The van der Waals surface area contributed by atoms with Gasteiger partial charge in [0, 0.05) is 26.2 Å². The van der Waals surface area contributed by atoms with E-state index in [9.17, 15) is 0 Å². The Labute approximate surface area is 107 Å². The molecule has 1 rings (SSSR count). The second-order valence-corrected chi connectivity index (χ2v) is 5.89. The van der Waals surface area contributed by atoms with Crippen LogP contribution >= 0.6 is 0 Å². The van der Waals surface area contributed by atoms with Crippen LogP contribution in [0.3, 0.4) is 0 Å². The predicted molar refractivity (Wildman–Crippen MR) is 73.3 cm³/mol. The fourth-order valence-electron chi connectivity index (χ4n) is 2.63. The monoisotopic (exact) mass is 242 g/mol. The number of nitrogens with zero attached hydrogens (tertiary/aromatic N) is 1. The molecule has 2 unspecified atom stereocenters. The highest BCUT2D eigenvalue weighted by Gasteiger charge is 2.20. The number of ether oxygens (including phenoxy) is 1. The van der Waals surface area contributed by atoms with Gasteiger partial charge < -0.3 is 15.0 Å². The first-order valence-electron chi connectivity index (χ1n) is 7.06. The Morgan fingerprint density at radius 3 is 2.76 bits per heavy atom. The van der Waals surface area contributed by atoms with Crippen LogP contribution in [-0.2, 0) is 4.74 Å². The van der Waals surface area contributed by atoms with Crippen molar-refractivity contribution >= 4 is 0 Å². The van der Waals surface area contributed by atoms with E-state index in [2.05, 4.69) is 31.0 Å². The summed E-state index contributed by atoms with van der Waals surface area (Å²) < 4.78 is 5.27. The van der Waals surface area contributed by atoms with Crippen molar-refractivity contribution in [2.24, 2.45) is 11.8 Å². The zero-order valence-electron chi connectivity index (χ0n) is 12.0. The molecule has 3 heteroatoms.